The SMILES string of the molecule is COc1ccc2[nH]cc(CC(=O)N3CCOC(c4n[nH]c(C)n4)C3)c2c1. The van der Waals surface area contributed by atoms with E-state index in [1.807, 2.05) is 36.2 Å². The molecule has 0 bridgehead atoms. The van der Waals surface area contributed by atoms with Crippen molar-refractivity contribution in [2.24, 2.45) is 0 Å². The number of H-pyrrole nitrogens is 2. The number of morpholine rings is 1. The van der Waals surface area contributed by atoms with E-state index >= 15 is 0 Å². The summed E-state index contributed by atoms with van der Waals surface area (Å²) in [6.45, 7) is 3.35. The minimum atomic E-state index is -0.291. The summed E-state index contributed by atoms with van der Waals surface area (Å²) in [4.78, 5) is 22.2. The lowest BCUT2D eigenvalue weighted by molar-refractivity contribution is -0.138. The summed E-state index contributed by atoms with van der Waals surface area (Å²) in [6, 6.07) is 5.81. The van der Waals surface area contributed by atoms with Crippen LogP contribution in [0.2, 0.25) is 0 Å². The van der Waals surface area contributed by atoms with E-state index in [1.165, 1.54) is 0 Å². The van der Waals surface area contributed by atoms with Crippen LogP contribution in [0.5, 0.6) is 5.75 Å². The summed E-state index contributed by atoms with van der Waals surface area (Å²) in [7, 11) is 1.64. The molecule has 1 unspecified atom stereocenters. The quantitative estimate of drug-likeness (QED) is 0.743. The molecule has 0 saturated carbocycles. The number of amides is 1. The number of ether oxygens (including phenoxy) is 2. The van der Waals surface area contributed by atoms with E-state index in [0.717, 1.165) is 28.0 Å². The summed E-state index contributed by atoms with van der Waals surface area (Å²) in [5.41, 5.74) is 1.95. The Morgan fingerprint density at radius 2 is 2.35 bits per heavy atom. The van der Waals surface area contributed by atoms with E-state index in [4.69, 9.17) is 9.47 Å². The van der Waals surface area contributed by atoms with Gasteiger partial charge in [0.15, 0.2) is 5.82 Å². The zero-order valence-electron chi connectivity index (χ0n) is 14.8. The Labute approximate surface area is 150 Å². The number of aromatic amines is 2. The molecule has 1 atom stereocenters. The van der Waals surface area contributed by atoms with Crippen LogP contribution in [0, 0.1) is 6.92 Å². The van der Waals surface area contributed by atoms with Crippen molar-refractivity contribution < 1.29 is 14.3 Å². The number of carbonyl (C=O) groups excluding carboxylic acids is 1. The largest absolute Gasteiger partial charge is 0.497 e. The maximum Gasteiger partial charge on any atom is 0.227 e. The van der Waals surface area contributed by atoms with Crippen LogP contribution in [0.4, 0.5) is 0 Å². The molecule has 136 valence electrons. The Balaban J connectivity index is 1.49. The number of hydrogen-bond acceptors (Lipinski definition) is 5. The first kappa shape index (κ1) is 16.6. The van der Waals surface area contributed by atoms with E-state index in [-0.39, 0.29) is 12.0 Å². The molecule has 1 fully saturated rings. The van der Waals surface area contributed by atoms with Crippen molar-refractivity contribution in [1.29, 1.82) is 0 Å². The molecule has 2 aromatic heterocycles. The number of carbonyl (C=O) groups is 1. The van der Waals surface area contributed by atoms with Crippen LogP contribution in [0.15, 0.2) is 24.4 Å². The first-order valence-corrected chi connectivity index (χ1v) is 8.56. The van der Waals surface area contributed by atoms with E-state index < -0.39 is 0 Å². The van der Waals surface area contributed by atoms with Gasteiger partial charge < -0.3 is 19.4 Å². The van der Waals surface area contributed by atoms with Gasteiger partial charge in [0.25, 0.3) is 0 Å². The summed E-state index contributed by atoms with van der Waals surface area (Å²) in [6.07, 6.45) is 1.92. The molecule has 3 aromatic rings. The van der Waals surface area contributed by atoms with Gasteiger partial charge in [-0.3, -0.25) is 9.89 Å². The van der Waals surface area contributed by atoms with E-state index in [2.05, 4.69) is 20.2 Å². The van der Waals surface area contributed by atoms with Gasteiger partial charge in [0.05, 0.1) is 26.7 Å². The standard InChI is InChI=1S/C18H21N5O3/c1-11-20-18(22-21-11)16-10-23(5-6-26-16)17(24)7-12-9-19-15-4-3-13(25-2)8-14(12)15/h3-4,8-9,16,19H,5-7,10H2,1-2H3,(H,20,21,22). The van der Waals surface area contributed by atoms with E-state index in [9.17, 15) is 4.79 Å². The zero-order valence-corrected chi connectivity index (χ0v) is 14.8. The lowest BCUT2D eigenvalue weighted by Crippen LogP contribution is -2.43. The number of aryl methyl sites for hydroxylation is 1. The normalized spacial score (nSPS) is 17.6. The lowest BCUT2D eigenvalue weighted by Gasteiger charge is -2.31. The minimum Gasteiger partial charge on any atom is -0.497 e. The number of rotatable bonds is 4. The molecule has 1 aliphatic rings. The number of hydrogen-bond donors (Lipinski definition) is 2. The highest BCUT2D eigenvalue weighted by molar-refractivity contribution is 5.89. The molecule has 1 amide bonds. The van der Waals surface area contributed by atoms with Gasteiger partial charge in [-0.1, -0.05) is 0 Å². The average Bonchev–Trinajstić information content (AvgIpc) is 3.28. The highest BCUT2D eigenvalue weighted by Gasteiger charge is 2.28. The van der Waals surface area contributed by atoms with Gasteiger partial charge in [-0.15, -0.1) is 0 Å². The maximum atomic E-state index is 12.8. The molecule has 8 nitrogen and oxygen atoms in total. The summed E-state index contributed by atoms with van der Waals surface area (Å²) in [5.74, 6) is 2.17. The zero-order chi connectivity index (χ0) is 18.1. The van der Waals surface area contributed by atoms with Crippen LogP contribution < -0.4 is 4.74 Å². The van der Waals surface area contributed by atoms with Gasteiger partial charge >= 0.3 is 0 Å². The first-order valence-electron chi connectivity index (χ1n) is 8.56. The Bertz CT molecular complexity index is 932. The summed E-state index contributed by atoms with van der Waals surface area (Å²) < 4.78 is 11.0. The predicted molar refractivity (Wildman–Crippen MR) is 94.9 cm³/mol. The third-order valence-electron chi connectivity index (χ3n) is 4.64. The van der Waals surface area contributed by atoms with Gasteiger partial charge in [-0.2, -0.15) is 5.10 Å². The van der Waals surface area contributed by atoms with Crippen LogP contribution in [0.1, 0.15) is 23.3 Å². The molecular weight excluding hydrogens is 334 g/mol. The van der Waals surface area contributed by atoms with Gasteiger partial charge in [0.1, 0.15) is 17.7 Å². The number of aromatic nitrogens is 4. The van der Waals surface area contributed by atoms with Crippen molar-refractivity contribution in [2.75, 3.05) is 26.8 Å². The highest BCUT2D eigenvalue weighted by Crippen LogP contribution is 2.25. The predicted octanol–water partition coefficient (Wildman–Crippen LogP) is 1.75. The van der Waals surface area contributed by atoms with Gasteiger partial charge in [0.2, 0.25) is 5.91 Å². The smallest absolute Gasteiger partial charge is 0.227 e. The first-order chi connectivity index (χ1) is 12.6. The van der Waals surface area contributed by atoms with Crippen molar-refractivity contribution in [2.45, 2.75) is 19.4 Å². The molecule has 0 radical (unpaired) electrons. The van der Waals surface area contributed by atoms with Crippen LogP contribution in [0.25, 0.3) is 10.9 Å². The number of methoxy groups -OCH3 is 1. The second-order valence-corrected chi connectivity index (χ2v) is 6.38. The van der Waals surface area contributed by atoms with Crippen molar-refractivity contribution in [3.05, 3.63) is 41.6 Å². The Morgan fingerprint density at radius 3 is 3.12 bits per heavy atom. The van der Waals surface area contributed by atoms with Crippen LogP contribution in [-0.4, -0.2) is 57.8 Å². The van der Waals surface area contributed by atoms with Gasteiger partial charge in [-0.05, 0) is 30.7 Å². The summed E-state index contributed by atoms with van der Waals surface area (Å²) in [5, 5.41) is 7.97. The number of benzene rings is 1. The molecule has 1 saturated heterocycles. The number of nitrogens with one attached hydrogen (secondary N) is 2. The number of nitrogens with zero attached hydrogens (tertiary/aromatic N) is 3. The molecule has 1 aliphatic heterocycles. The fourth-order valence-electron chi connectivity index (χ4n) is 3.24. The molecular formula is C18H21N5O3. The van der Waals surface area contributed by atoms with Crippen LogP contribution in [-0.2, 0) is 16.0 Å². The molecule has 8 heteroatoms. The Kier molecular flexibility index (Phi) is 4.34. The van der Waals surface area contributed by atoms with Crippen molar-refractivity contribution in [3.8, 4) is 5.75 Å². The Hall–Kier alpha value is -2.87. The molecule has 26 heavy (non-hydrogen) atoms. The van der Waals surface area contributed by atoms with Crippen LogP contribution in [0.3, 0.4) is 0 Å². The molecule has 4 rings (SSSR count). The second kappa shape index (κ2) is 6.80. The third-order valence-corrected chi connectivity index (χ3v) is 4.64. The lowest BCUT2D eigenvalue weighted by atomic mass is 10.1. The minimum absolute atomic E-state index is 0.0641. The molecule has 0 spiro atoms. The fourth-order valence-corrected chi connectivity index (χ4v) is 3.24. The van der Waals surface area contributed by atoms with E-state index in [1.54, 1.807) is 7.11 Å². The third kappa shape index (κ3) is 3.15. The highest BCUT2D eigenvalue weighted by atomic mass is 16.5. The topological polar surface area (TPSA) is 96.1 Å². The van der Waals surface area contributed by atoms with Gasteiger partial charge in [-0.25, -0.2) is 4.98 Å². The molecule has 2 N–H and O–H groups in total. The molecule has 0 aliphatic carbocycles. The monoisotopic (exact) mass is 355 g/mol. The average molecular weight is 355 g/mol. The van der Waals surface area contributed by atoms with E-state index in [0.29, 0.717) is 31.9 Å². The van der Waals surface area contributed by atoms with Crippen molar-refractivity contribution in [3.63, 3.8) is 0 Å². The number of fused-ring (bicyclic) bond motifs is 1. The maximum absolute atomic E-state index is 12.8. The Morgan fingerprint density at radius 1 is 1.46 bits per heavy atom. The fraction of sp³-hybridized carbons (Fsp3) is 0.389. The molecule has 1 aromatic carbocycles. The van der Waals surface area contributed by atoms with Crippen molar-refractivity contribution >= 4 is 16.8 Å². The summed E-state index contributed by atoms with van der Waals surface area (Å²) >= 11 is 0. The van der Waals surface area contributed by atoms with Crippen LogP contribution >= 0.6 is 0 Å². The molecule has 3 heterocycles. The van der Waals surface area contributed by atoms with Gasteiger partial charge in [0, 0.05) is 23.6 Å². The van der Waals surface area contributed by atoms with Crippen molar-refractivity contribution in [1.82, 2.24) is 25.1 Å². The second-order valence-electron chi connectivity index (χ2n) is 6.38.